The highest BCUT2D eigenvalue weighted by Crippen LogP contribution is 2.27. The zero-order valence-corrected chi connectivity index (χ0v) is 15.8. The van der Waals surface area contributed by atoms with Crippen LogP contribution >= 0.6 is 11.6 Å². The lowest BCUT2D eigenvalue weighted by Crippen LogP contribution is -2.23. The fourth-order valence-electron chi connectivity index (χ4n) is 2.47. The van der Waals surface area contributed by atoms with E-state index in [2.05, 4.69) is 14.8 Å². The average Bonchev–Trinajstić information content (AvgIpc) is 3.01. The third-order valence-electron chi connectivity index (χ3n) is 3.78. The molecule has 1 aromatic carbocycles. The largest absolute Gasteiger partial charge is 0.495 e. The van der Waals surface area contributed by atoms with Crippen molar-refractivity contribution in [2.75, 3.05) is 7.11 Å². The maximum atomic E-state index is 12.5. The zero-order chi connectivity index (χ0) is 18.7. The molecule has 0 aliphatic heterocycles. The van der Waals surface area contributed by atoms with Crippen LogP contribution in [0.4, 0.5) is 0 Å². The molecular weight excluding hydrogens is 376 g/mol. The van der Waals surface area contributed by atoms with Crippen molar-refractivity contribution < 1.29 is 13.2 Å². The predicted molar refractivity (Wildman–Crippen MR) is 98.5 cm³/mol. The molecule has 0 spiro atoms. The van der Waals surface area contributed by atoms with Crippen molar-refractivity contribution in [2.24, 2.45) is 7.05 Å². The van der Waals surface area contributed by atoms with E-state index in [4.69, 9.17) is 16.3 Å². The van der Waals surface area contributed by atoms with Crippen molar-refractivity contribution in [3.05, 3.63) is 59.5 Å². The van der Waals surface area contributed by atoms with Crippen LogP contribution in [0.25, 0.3) is 11.3 Å². The van der Waals surface area contributed by atoms with Crippen LogP contribution in [0.3, 0.4) is 0 Å². The van der Waals surface area contributed by atoms with Gasteiger partial charge in [0.25, 0.3) is 0 Å². The number of hydrogen-bond donors (Lipinski definition) is 1. The summed E-state index contributed by atoms with van der Waals surface area (Å²) in [7, 11) is -0.453. The summed E-state index contributed by atoms with van der Waals surface area (Å²) in [5.74, 6) is 0.414. The van der Waals surface area contributed by atoms with Crippen LogP contribution in [0.1, 0.15) is 5.69 Å². The van der Waals surface area contributed by atoms with Crippen LogP contribution in [0.15, 0.2) is 53.7 Å². The van der Waals surface area contributed by atoms with E-state index in [1.54, 1.807) is 24.1 Å². The number of aromatic nitrogens is 3. The lowest BCUT2D eigenvalue weighted by Gasteiger charge is -2.08. The first kappa shape index (κ1) is 18.4. The second-order valence-corrected chi connectivity index (χ2v) is 7.68. The maximum absolute atomic E-state index is 12.5. The molecule has 136 valence electrons. The van der Waals surface area contributed by atoms with Gasteiger partial charge in [-0.25, -0.2) is 13.1 Å². The number of nitrogens with zero attached hydrogens (tertiary/aromatic N) is 3. The molecule has 1 N–H and O–H groups in total. The first-order valence-corrected chi connectivity index (χ1v) is 9.53. The minimum atomic E-state index is -3.72. The van der Waals surface area contributed by atoms with E-state index >= 15 is 0 Å². The van der Waals surface area contributed by atoms with E-state index < -0.39 is 10.0 Å². The van der Waals surface area contributed by atoms with Gasteiger partial charge in [-0.05, 0) is 36.4 Å². The van der Waals surface area contributed by atoms with Crippen LogP contribution in [0.2, 0.25) is 5.02 Å². The summed E-state index contributed by atoms with van der Waals surface area (Å²) in [4.78, 5) is 4.05. The van der Waals surface area contributed by atoms with Gasteiger partial charge in [0.1, 0.15) is 5.75 Å². The number of ether oxygens (including phenoxy) is 1. The standard InChI is InChI=1S/C17H17ClN4O3S/c1-22-16(12-5-7-19-8-6-12)9-13(21-22)11-20-26(23,24)14-3-4-17(25-2)15(18)10-14/h3-10,20H,11H2,1-2H3. The molecule has 0 bridgehead atoms. The highest BCUT2D eigenvalue weighted by molar-refractivity contribution is 7.89. The second-order valence-electron chi connectivity index (χ2n) is 5.50. The topological polar surface area (TPSA) is 86.1 Å². The van der Waals surface area contributed by atoms with Gasteiger partial charge >= 0.3 is 0 Å². The molecule has 2 heterocycles. The summed E-state index contributed by atoms with van der Waals surface area (Å²) in [6, 6.07) is 9.87. The Morgan fingerprint density at radius 2 is 1.92 bits per heavy atom. The van der Waals surface area contributed by atoms with Crippen molar-refractivity contribution in [1.29, 1.82) is 0 Å². The Morgan fingerprint density at radius 3 is 2.58 bits per heavy atom. The van der Waals surface area contributed by atoms with E-state index in [1.807, 2.05) is 18.2 Å². The SMILES string of the molecule is COc1ccc(S(=O)(=O)NCc2cc(-c3ccncc3)n(C)n2)cc1Cl. The molecule has 26 heavy (non-hydrogen) atoms. The normalized spacial score (nSPS) is 11.5. The fraction of sp³-hybridized carbons (Fsp3) is 0.176. The molecular formula is C17H17ClN4O3S. The van der Waals surface area contributed by atoms with Gasteiger partial charge in [0.2, 0.25) is 10.0 Å². The predicted octanol–water partition coefficient (Wildman–Crippen LogP) is 2.62. The van der Waals surface area contributed by atoms with E-state index in [9.17, 15) is 8.42 Å². The molecule has 0 fully saturated rings. The van der Waals surface area contributed by atoms with Gasteiger partial charge in [-0.1, -0.05) is 11.6 Å². The number of benzene rings is 1. The number of pyridine rings is 1. The van der Waals surface area contributed by atoms with Crippen molar-refractivity contribution in [2.45, 2.75) is 11.4 Å². The quantitative estimate of drug-likeness (QED) is 0.696. The Morgan fingerprint density at radius 1 is 1.19 bits per heavy atom. The number of nitrogens with one attached hydrogen (secondary N) is 1. The highest BCUT2D eigenvalue weighted by atomic mass is 35.5. The molecule has 0 unspecified atom stereocenters. The lowest BCUT2D eigenvalue weighted by atomic mass is 10.2. The molecule has 7 nitrogen and oxygen atoms in total. The second kappa shape index (κ2) is 7.45. The smallest absolute Gasteiger partial charge is 0.240 e. The minimum absolute atomic E-state index is 0.0604. The maximum Gasteiger partial charge on any atom is 0.240 e. The van der Waals surface area contributed by atoms with Crippen molar-refractivity contribution in [3.63, 3.8) is 0 Å². The third kappa shape index (κ3) is 3.87. The molecule has 0 radical (unpaired) electrons. The van der Waals surface area contributed by atoms with E-state index in [1.165, 1.54) is 25.3 Å². The highest BCUT2D eigenvalue weighted by Gasteiger charge is 2.17. The van der Waals surface area contributed by atoms with Crippen LogP contribution < -0.4 is 9.46 Å². The summed E-state index contributed by atoms with van der Waals surface area (Å²) in [6.07, 6.45) is 3.39. The average molecular weight is 393 g/mol. The molecule has 3 aromatic rings. The molecule has 0 saturated carbocycles. The molecule has 0 saturated heterocycles. The van der Waals surface area contributed by atoms with Crippen molar-refractivity contribution >= 4 is 21.6 Å². The molecule has 3 rings (SSSR count). The monoisotopic (exact) mass is 392 g/mol. The fourth-order valence-corrected chi connectivity index (χ4v) is 3.82. The molecule has 2 aromatic heterocycles. The Balaban J connectivity index is 1.77. The Hall–Kier alpha value is -2.42. The van der Waals surface area contributed by atoms with Gasteiger partial charge in [-0.2, -0.15) is 5.10 Å². The van der Waals surface area contributed by atoms with E-state index in [0.717, 1.165) is 11.3 Å². The number of sulfonamides is 1. The number of hydrogen-bond acceptors (Lipinski definition) is 5. The van der Waals surface area contributed by atoms with E-state index in [0.29, 0.717) is 11.4 Å². The Kier molecular flexibility index (Phi) is 5.26. The van der Waals surface area contributed by atoms with Crippen molar-refractivity contribution in [1.82, 2.24) is 19.5 Å². The van der Waals surface area contributed by atoms with E-state index in [-0.39, 0.29) is 16.5 Å². The molecule has 0 amide bonds. The summed E-state index contributed by atoms with van der Waals surface area (Å²) >= 11 is 6.01. The van der Waals surface area contributed by atoms with Gasteiger partial charge in [0.15, 0.2) is 0 Å². The molecule has 9 heteroatoms. The minimum Gasteiger partial charge on any atom is -0.495 e. The number of methoxy groups -OCH3 is 1. The summed E-state index contributed by atoms with van der Waals surface area (Å²) in [5.41, 5.74) is 2.42. The summed E-state index contributed by atoms with van der Waals surface area (Å²) in [6.45, 7) is 0.0604. The van der Waals surface area contributed by atoms with Gasteiger partial charge in [-0.15, -0.1) is 0 Å². The van der Waals surface area contributed by atoms with Crippen LogP contribution in [0.5, 0.6) is 5.75 Å². The number of aryl methyl sites for hydroxylation is 1. The summed E-state index contributed by atoms with van der Waals surface area (Å²) in [5, 5.41) is 4.58. The van der Waals surface area contributed by atoms with Crippen LogP contribution in [-0.2, 0) is 23.6 Å². The summed E-state index contributed by atoms with van der Waals surface area (Å²) < 4.78 is 34.2. The van der Waals surface area contributed by atoms with Crippen molar-refractivity contribution in [3.8, 4) is 17.0 Å². The van der Waals surface area contributed by atoms with Crippen LogP contribution in [0, 0.1) is 0 Å². The number of halogens is 1. The molecule has 0 atom stereocenters. The Bertz CT molecular complexity index is 1020. The zero-order valence-electron chi connectivity index (χ0n) is 14.2. The molecule has 0 aliphatic carbocycles. The van der Waals surface area contributed by atoms with Gasteiger partial charge in [0, 0.05) is 25.0 Å². The first-order valence-electron chi connectivity index (χ1n) is 7.67. The third-order valence-corrected chi connectivity index (χ3v) is 5.48. The number of rotatable bonds is 6. The lowest BCUT2D eigenvalue weighted by molar-refractivity contribution is 0.414. The van der Waals surface area contributed by atoms with Gasteiger partial charge in [-0.3, -0.25) is 9.67 Å². The van der Waals surface area contributed by atoms with Gasteiger partial charge < -0.3 is 4.74 Å². The molecule has 0 aliphatic rings. The van der Waals surface area contributed by atoms with Crippen LogP contribution in [-0.4, -0.2) is 30.3 Å². The Labute approximate surface area is 156 Å². The first-order chi connectivity index (χ1) is 12.4. The van der Waals surface area contributed by atoms with Gasteiger partial charge in [0.05, 0.1) is 35.0 Å².